The van der Waals surface area contributed by atoms with E-state index in [9.17, 15) is 26.2 Å². The van der Waals surface area contributed by atoms with Crippen LogP contribution in [0.3, 0.4) is 0 Å². The number of piperazine rings is 1. The molecule has 4 N–H and O–H groups in total. The van der Waals surface area contributed by atoms with Gasteiger partial charge in [-0.25, -0.2) is 21.2 Å². The van der Waals surface area contributed by atoms with E-state index in [4.69, 9.17) is 26.1 Å². The number of hydrogen-bond donors (Lipinski definition) is 4. The molecule has 2 saturated heterocycles. The van der Waals surface area contributed by atoms with Crippen molar-refractivity contribution >= 4 is 79.5 Å². The Balaban J connectivity index is 0.884. The third-order valence-electron chi connectivity index (χ3n) is 14.3. The lowest BCUT2D eigenvalue weighted by Crippen LogP contribution is -2.46. The lowest BCUT2D eigenvalue weighted by atomic mass is 9.96. The highest BCUT2D eigenvalue weighted by molar-refractivity contribution is 7.99. The van der Waals surface area contributed by atoms with Gasteiger partial charge in [-0.1, -0.05) is 41.9 Å². The number of aromatic nitrogens is 1. The first-order chi connectivity index (χ1) is 37.0. The molecule has 8 rings (SSSR count). The second kappa shape index (κ2) is 25.4. The van der Waals surface area contributed by atoms with Gasteiger partial charge in [-0.3, -0.25) is 14.1 Å². The van der Waals surface area contributed by atoms with Crippen molar-refractivity contribution in [2.45, 2.75) is 80.1 Å². The molecule has 0 bridgehead atoms. The third-order valence-corrected chi connectivity index (χ3v) is 19.3. The molecule has 1 aromatic heterocycles. The fourth-order valence-corrected chi connectivity index (χ4v) is 14.4. The molecule has 2 fully saturated rings. The maximum atomic E-state index is 15.8. The molecule has 78 heavy (non-hydrogen) atoms. The molecule has 0 radical (unpaired) electrons. The summed E-state index contributed by atoms with van der Waals surface area (Å²) in [6.07, 6.45) is 3.08. The number of sulfone groups is 1. The molecule has 2 aliphatic heterocycles. The number of nitrogens with one attached hydrogen (secondary N) is 2. The van der Waals surface area contributed by atoms with E-state index in [-0.39, 0.29) is 53.0 Å². The van der Waals surface area contributed by atoms with Gasteiger partial charge in [-0.05, 0) is 168 Å². The minimum atomic E-state index is -4.13. The van der Waals surface area contributed by atoms with Gasteiger partial charge >= 0.3 is 13.6 Å². The summed E-state index contributed by atoms with van der Waals surface area (Å²) in [6, 6.07) is 34.4. The summed E-state index contributed by atoms with van der Waals surface area (Å²) >= 11 is 8.01. The molecule has 418 valence electrons. The van der Waals surface area contributed by atoms with Gasteiger partial charge in [0, 0.05) is 101 Å². The number of rotatable bonds is 22. The Morgan fingerprint density at radius 2 is 1.49 bits per heavy atom. The van der Waals surface area contributed by atoms with Gasteiger partial charge in [0.15, 0.2) is 9.84 Å². The summed E-state index contributed by atoms with van der Waals surface area (Å²) in [5, 5.41) is 4.24. The fraction of sp³-hybridized carbons (Fsp3) is 0.386. The Bertz CT molecular complexity index is 3330. The monoisotopic (exact) mass is 1160 g/mol. The molecular weight excluding hydrogens is 1090 g/mol. The van der Waals surface area contributed by atoms with Crippen LogP contribution in [0.1, 0.15) is 56.8 Å². The second-order valence-electron chi connectivity index (χ2n) is 20.5. The van der Waals surface area contributed by atoms with Crippen LogP contribution in [0.4, 0.5) is 27.1 Å². The van der Waals surface area contributed by atoms with Crippen molar-refractivity contribution in [1.82, 2.24) is 9.47 Å². The van der Waals surface area contributed by atoms with Crippen LogP contribution in [0.15, 0.2) is 130 Å². The number of aryl methyl sites for hydroxylation is 1. The Labute approximate surface area is 467 Å². The Morgan fingerprint density at radius 3 is 2.10 bits per heavy atom. The topological polar surface area (TPSA) is 191 Å². The molecule has 0 aliphatic carbocycles. The van der Waals surface area contributed by atoms with Crippen LogP contribution in [-0.4, -0.2) is 119 Å². The number of piperidine rings is 1. The van der Waals surface area contributed by atoms with Crippen molar-refractivity contribution in [3.05, 3.63) is 137 Å². The van der Waals surface area contributed by atoms with E-state index >= 15 is 4.39 Å². The first kappa shape index (κ1) is 58.8. The highest BCUT2D eigenvalue weighted by atomic mass is 35.5. The first-order valence-electron chi connectivity index (χ1n) is 26.2. The molecule has 0 spiro atoms. The van der Waals surface area contributed by atoms with Crippen molar-refractivity contribution in [2.24, 2.45) is 5.92 Å². The van der Waals surface area contributed by atoms with E-state index in [0.29, 0.717) is 77.9 Å². The number of benzene rings is 5. The van der Waals surface area contributed by atoms with Crippen molar-refractivity contribution in [3.8, 4) is 22.4 Å². The highest BCUT2D eigenvalue weighted by Gasteiger charge is 2.32. The van der Waals surface area contributed by atoms with Crippen molar-refractivity contribution < 1.29 is 45.1 Å². The van der Waals surface area contributed by atoms with Gasteiger partial charge < -0.3 is 39.1 Å². The van der Waals surface area contributed by atoms with Crippen LogP contribution in [0.2, 0.25) is 5.02 Å². The SMILES string of the molecule is Cc1cc(S(=O)(=O)Nc2ccc(N3CCN(c4cc(F)cc(-c5c(S(C)(=O)=O)c(C)n(C(C)C)c5-c5ccc(Cl)cc5)c4)CC3)cc2)ccc1NC(CCN1CCC(C(=O)OCCCP(=O)(O)O)CC1)CSc1ccccc1. The highest BCUT2D eigenvalue weighted by Crippen LogP contribution is 2.45. The molecule has 1 atom stereocenters. The number of carbonyl (C=O) groups excluding carboxylic acids is 1. The number of anilines is 4. The van der Waals surface area contributed by atoms with Gasteiger partial charge in [0.25, 0.3) is 10.0 Å². The van der Waals surface area contributed by atoms with E-state index in [1.807, 2.05) is 79.9 Å². The molecule has 5 aromatic carbocycles. The third kappa shape index (κ3) is 15.1. The van der Waals surface area contributed by atoms with Crippen LogP contribution >= 0.6 is 31.0 Å². The van der Waals surface area contributed by atoms with Gasteiger partial charge in [0.2, 0.25) is 0 Å². The number of halogens is 2. The number of thioether (sulfide) groups is 1. The maximum Gasteiger partial charge on any atom is 0.325 e. The van der Waals surface area contributed by atoms with Gasteiger partial charge in [-0.15, -0.1) is 11.8 Å². The number of ether oxygens (including phenoxy) is 1. The smallest absolute Gasteiger partial charge is 0.325 e. The predicted octanol–water partition coefficient (Wildman–Crippen LogP) is 11.1. The Kier molecular flexibility index (Phi) is 19.1. The first-order valence-corrected chi connectivity index (χ1v) is 32.7. The number of carbonyl (C=O) groups is 1. The summed E-state index contributed by atoms with van der Waals surface area (Å²) < 4.78 is 91.7. The minimum absolute atomic E-state index is 0.00863. The van der Waals surface area contributed by atoms with Crippen LogP contribution < -0.4 is 19.8 Å². The summed E-state index contributed by atoms with van der Waals surface area (Å²) in [5.41, 5.74) is 6.48. The zero-order valence-electron chi connectivity index (χ0n) is 44.6. The zero-order chi connectivity index (χ0) is 55.9. The Morgan fingerprint density at radius 1 is 0.833 bits per heavy atom. The van der Waals surface area contributed by atoms with E-state index in [2.05, 4.69) is 36.9 Å². The number of sulfonamides is 1. The normalized spacial score (nSPS) is 15.4. The molecule has 1 unspecified atom stereocenters. The fourth-order valence-electron chi connectivity index (χ4n) is 10.4. The molecule has 21 heteroatoms. The summed E-state index contributed by atoms with van der Waals surface area (Å²) in [6.45, 7) is 12.2. The maximum absolute atomic E-state index is 15.8. The molecule has 0 saturated carbocycles. The van der Waals surface area contributed by atoms with Crippen LogP contribution in [0.5, 0.6) is 0 Å². The quantitative estimate of drug-likeness (QED) is 0.0217. The van der Waals surface area contributed by atoms with Crippen molar-refractivity contribution in [2.75, 3.05) is 90.4 Å². The lowest BCUT2D eigenvalue weighted by Gasteiger charge is -2.37. The minimum Gasteiger partial charge on any atom is -0.465 e. The van der Waals surface area contributed by atoms with Gasteiger partial charge in [0.05, 0.1) is 34.2 Å². The molecule has 2 aliphatic rings. The van der Waals surface area contributed by atoms with E-state index < -0.39 is 33.3 Å². The lowest BCUT2D eigenvalue weighted by molar-refractivity contribution is -0.150. The number of esters is 1. The van der Waals surface area contributed by atoms with Crippen LogP contribution in [0.25, 0.3) is 22.4 Å². The molecule has 6 aromatic rings. The number of nitrogens with zero attached hydrogens (tertiary/aromatic N) is 4. The van der Waals surface area contributed by atoms with Gasteiger partial charge in [0.1, 0.15) is 5.82 Å². The number of hydrogen-bond acceptors (Lipinski definition) is 12. The standard InChI is InChI=1S/C57H69ClFN6O9PS3/c1-39(2)65-41(4)56(77(5,70)71)54(55(65)42-12-14-45(58)15-13-42)44-35-46(59)37-50(36-44)64-30-28-63(29-31-64)49-18-16-47(17-19-49)61-78(72,73)52-20-21-53(40(3)34-52)60-48(38-76-51-10-7-6-8-11-51)24-27-62-25-22-43(23-26-62)57(66)74-32-9-33-75(67,68)69/h6-8,10-21,34-37,39,43,48,60-61H,9,22-33,38H2,1-5H3,(H2,67,68,69). The van der Waals surface area contributed by atoms with E-state index in [1.54, 1.807) is 55.1 Å². The average Bonchev–Trinajstić information content (AvgIpc) is 3.89. The summed E-state index contributed by atoms with van der Waals surface area (Å²) in [7, 11) is -11.8. The zero-order valence-corrected chi connectivity index (χ0v) is 48.7. The second-order valence-corrected chi connectivity index (χ2v) is 27.4. The summed E-state index contributed by atoms with van der Waals surface area (Å²) in [4.78, 5) is 38.8. The summed E-state index contributed by atoms with van der Waals surface area (Å²) in [5.74, 6) is -0.282. The molecule has 0 amide bonds. The van der Waals surface area contributed by atoms with E-state index in [0.717, 1.165) is 59.2 Å². The Hall–Kier alpha value is -5.37. The van der Waals surface area contributed by atoms with Crippen LogP contribution in [-0.2, 0) is 34.0 Å². The van der Waals surface area contributed by atoms with Crippen molar-refractivity contribution in [1.29, 1.82) is 0 Å². The predicted molar refractivity (Wildman–Crippen MR) is 312 cm³/mol. The largest absolute Gasteiger partial charge is 0.465 e. The molecular formula is C57H69ClFN6O9PS3. The van der Waals surface area contributed by atoms with Crippen molar-refractivity contribution in [3.63, 3.8) is 0 Å². The van der Waals surface area contributed by atoms with Crippen LogP contribution in [0, 0.1) is 25.6 Å². The number of likely N-dealkylation sites (tertiary alicyclic amines) is 1. The van der Waals surface area contributed by atoms with Gasteiger partial charge in [-0.2, -0.15) is 0 Å². The van der Waals surface area contributed by atoms with E-state index in [1.165, 1.54) is 18.4 Å². The average molecular weight is 1160 g/mol. The molecule has 3 heterocycles. The molecule has 15 nitrogen and oxygen atoms in total.